The van der Waals surface area contributed by atoms with Crippen molar-refractivity contribution in [2.24, 2.45) is 0 Å². The molecular weight excluding hydrogens is 272 g/mol. The quantitative estimate of drug-likeness (QED) is 0.748. The monoisotopic (exact) mass is 302 g/mol. The van der Waals surface area contributed by atoms with E-state index in [0.29, 0.717) is 6.61 Å². The summed E-state index contributed by atoms with van der Waals surface area (Å²) >= 11 is 0. The van der Waals surface area contributed by atoms with Crippen molar-refractivity contribution < 1.29 is 18.6 Å². The second kappa shape index (κ2) is 5.06. The third kappa shape index (κ3) is 2.37. The van der Waals surface area contributed by atoms with E-state index in [1.54, 1.807) is 7.11 Å². The maximum Gasteiger partial charge on any atom is 0.192 e. The van der Waals surface area contributed by atoms with Crippen molar-refractivity contribution in [2.45, 2.75) is 82.8 Å². The molecule has 0 spiro atoms. The van der Waals surface area contributed by atoms with Crippen LogP contribution in [0.1, 0.15) is 34.6 Å². The fourth-order valence-corrected chi connectivity index (χ4v) is 4.20. The van der Waals surface area contributed by atoms with Crippen LogP contribution < -0.4 is 0 Å². The summed E-state index contributed by atoms with van der Waals surface area (Å²) in [6.07, 6.45) is 0.0402. The van der Waals surface area contributed by atoms with Crippen LogP contribution >= 0.6 is 0 Å². The Morgan fingerprint density at radius 1 is 1.30 bits per heavy atom. The van der Waals surface area contributed by atoms with E-state index in [9.17, 15) is 0 Å². The highest BCUT2D eigenvalue weighted by molar-refractivity contribution is 6.74. The van der Waals surface area contributed by atoms with Crippen LogP contribution in [0.2, 0.25) is 18.1 Å². The SMILES string of the molecule is CO[C@@H](C)[C@@]12CO[C@@H]([C@H](C)O1)[C@@H]2O[Si](C)(C)C(C)(C)C. The van der Waals surface area contributed by atoms with Gasteiger partial charge >= 0.3 is 0 Å². The van der Waals surface area contributed by atoms with Gasteiger partial charge in [-0.25, -0.2) is 0 Å². The Labute approximate surface area is 124 Å². The fourth-order valence-electron chi connectivity index (χ4n) is 2.87. The summed E-state index contributed by atoms with van der Waals surface area (Å²) in [5.41, 5.74) is -0.450. The molecule has 2 saturated heterocycles. The zero-order valence-corrected chi connectivity index (χ0v) is 15.1. The Morgan fingerprint density at radius 3 is 2.35 bits per heavy atom. The number of methoxy groups -OCH3 is 1. The van der Waals surface area contributed by atoms with E-state index < -0.39 is 13.9 Å². The zero-order valence-electron chi connectivity index (χ0n) is 14.1. The smallest absolute Gasteiger partial charge is 0.192 e. The molecule has 0 aromatic carbocycles. The normalized spacial score (nSPS) is 39.3. The van der Waals surface area contributed by atoms with Gasteiger partial charge in [0.1, 0.15) is 17.8 Å². The Hall–Kier alpha value is 0.0569. The summed E-state index contributed by atoms with van der Waals surface area (Å²) in [6, 6.07) is 0. The molecule has 5 heteroatoms. The van der Waals surface area contributed by atoms with Crippen molar-refractivity contribution in [3.8, 4) is 0 Å². The number of rotatable bonds is 4. The summed E-state index contributed by atoms with van der Waals surface area (Å²) in [5.74, 6) is 0. The molecule has 0 N–H and O–H groups in total. The Kier molecular flexibility index (Phi) is 4.15. The van der Waals surface area contributed by atoms with Crippen LogP contribution in [0.15, 0.2) is 0 Å². The van der Waals surface area contributed by atoms with E-state index in [2.05, 4.69) is 40.8 Å². The van der Waals surface area contributed by atoms with E-state index in [0.717, 1.165) is 0 Å². The van der Waals surface area contributed by atoms with Crippen LogP contribution in [0.5, 0.6) is 0 Å². The van der Waals surface area contributed by atoms with E-state index in [4.69, 9.17) is 18.6 Å². The second-order valence-corrected chi connectivity index (χ2v) is 12.5. The van der Waals surface area contributed by atoms with Gasteiger partial charge in [-0.1, -0.05) is 20.8 Å². The van der Waals surface area contributed by atoms with Gasteiger partial charge in [0.2, 0.25) is 0 Å². The van der Waals surface area contributed by atoms with Crippen molar-refractivity contribution in [3.05, 3.63) is 0 Å². The first-order valence-corrected chi connectivity index (χ1v) is 10.5. The van der Waals surface area contributed by atoms with Crippen LogP contribution in [-0.4, -0.2) is 52.1 Å². The van der Waals surface area contributed by atoms with Gasteiger partial charge in [0.25, 0.3) is 0 Å². The number of hydrogen-bond donors (Lipinski definition) is 0. The molecule has 4 nitrogen and oxygen atoms in total. The van der Waals surface area contributed by atoms with Crippen LogP contribution in [0.25, 0.3) is 0 Å². The molecule has 2 heterocycles. The molecule has 2 bridgehead atoms. The Morgan fingerprint density at radius 2 is 1.90 bits per heavy atom. The van der Waals surface area contributed by atoms with Crippen molar-refractivity contribution in [2.75, 3.05) is 13.7 Å². The molecule has 0 aromatic rings. The van der Waals surface area contributed by atoms with Gasteiger partial charge in [-0.2, -0.15) is 0 Å². The van der Waals surface area contributed by atoms with Crippen LogP contribution in [-0.2, 0) is 18.6 Å². The first kappa shape index (κ1) is 16.4. The summed E-state index contributed by atoms with van der Waals surface area (Å²) in [4.78, 5) is 0. The van der Waals surface area contributed by atoms with Crippen molar-refractivity contribution in [1.82, 2.24) is 0 Å². The maximum atomic E-state index is 6.66. The summed E-state index contributed by atoms with van der Waals surface area (Å²) in [5, 5.41) is 0.176. The van der Waals surface area contributed by atoms with Gasteiger partial charge in [-0.05, 0) is 32.0 Å². The molecule has 2 aliphatic rings. The van der Waals surface area contributed by atoms with Crippen LogP contribution in [0.3, 0.4) is 0 Å². The van der Waals surface area contributed by atoms with E-state index in [1.165, 1.54) is 0 Å². The number of ether oxygens (including phenoxy) is 3. The highest BCUT2D eigenvalue weighted by atomic mass is 28.4. The Bertz CT molecular complexity index is 365. The molecule has 2 aliphatic heterocycles. The Balaban J connectivity index is 2.26. The number of hydrogen-bond acceptors (Lipinski definition) is 4. The summed E-state index contributed by atoms with van der Waals surface area (Å²) in [7, 11) is -0.140. The molecular formula is C15H30O4Si. The lowest BCUT2D eigenvalue weighted by Gasteiger charge is -2.42. The third-order valence-electron chi connectivity index (χ3n) is 5.42. The zero-order chi connectivity index (χ0) is 15.3. The van der Waals surface area contributed by atoms with Gasteiger partial charge < -0.3 is 18.6 Å². The largest absolute Gasteiger partial charge is 0.408 e. The van der Waals surface area contributed by atoms with Crippen LogP contribution in [0, 0.1) is 0 Å². The fraction of sp³-hybridized carbons (Fsp3) is 1.00. The minimum absolute atomic E-state index is 0.0201. The minimum atomic E-state index is -1.86. The van der Waals surface area contributed by atoms with Gasteiger partial charge in [0, 0.05) is 7.11 Å². The van der Waals surface area contributed by atoms with Crippen molar-refractivity contribution in [3.63, 3.8) is 0 Å². The molecule has 0 aromatic heterocycles. The topological polar surface area (TPSA) is 36.9 Å². The van der Waals surface area contributed by atoms with E-state index in [1.807, 2.05) is 6.92 Å². The lowest BCUT2D eigenvalue weighted by atomic mass is 9.93. The standard InChI is InChI=1S/C15H30O4Si/c1-10-12-13(19-20(7,8)14(3,4)5)15(18-10,9-17-12)11(2)16-6/h10-13H,9H2,1-8H3/t10-,11-,12-,13-,15+/m0/s1. The van der Waals surface area contributed by atoms with Gasteiger partial charge in [0.15, 0.2) is 8.32 Å². The molecule has 2 rings (SSSR count). The summed E-state index contributed by atoms with van der Waals surface area (Å²) < 4.78 is 24.4. The average Bonchev–Trinajstić information content (AvgIpc) is 2.78. The lowest BCUT2D eigenvalue weighted by Crippen LogP contribution is -2.56. The highest BCUT2D eigenvalue weighted by Crippen LogP contribution is 2.48. The predicted octanol–water partition coefficient (Wildman–Crippen LogP) is 2.97. The first-order chi connectivity index (χ1) is 9.05. The highest BCUT2D eigenvalue weighted by Gasteiger charge is 2.65. The molecule has 0 aliphatic carbocycles. The predicted molar refractivity (Wildman–Crippen MR) is 81.6 cm³/mol. The second-order valence-electron chi connectivity index (χ2n) is 7.73. The molecule has 0 amide bonds. The molecule has 118 valence electrons. The molecule has 0 saturated carbocycles. The molecule has 2 fully saturated rings. The first-order valence-electron chi connectivity index (χ1n) is 7.55. The van der Waals surface area contributed by atoms with E-state index >= 15 is 0 Å². The van der Waals surface area contributed by atoms with Crippen molar-refractivity contribution in [1.29, 1.82) is 0 Å². The minimum Gasteiger partial charge on any atom is -0.408 e. The third-order valence-corrected chi connectivity index (χ3v) is 9.87. The van der Waals surface area contributed by atoms with E-state index in [-0.39, 0.29) is 29.5 Å². The maximum absolute atomic E-state index is 6.66. The average molecular weight is 302 g/mol. The summed E-state index contributed by atoms with van der Waals surface area (Å²) in [6.45, 7) is 16.0. The molecule has 20 heavy (non-hydrogen) atoms. The molecule has 5 atom stereocenters. The molecule has 0 unspecified atom stereocenters. The number of fused-ring (bicyclic) bond motifs is 2. The van der Waals surface area contributed by atoms with Crippen molar-refractivity contribution >= 4 is 8.32 Å². The lowest BCUT2D eigenvalue weighted by molar-refractivity contribution is -0.184. The molecule has 0 radical (unpaired) electrons. The van der Waals surface area contributed by atoms with Gasteiger partial charge in [-0.15, -0.1) is 0 Å². The van der Waals surface area contributed by atoms with Gasteiger partial charge in [0.05, 0.1) is 18.8 Å². The van der Waals surface area contributed by atoms with Crippen LogP contribution in [0.4, 0.5) is 0 Å². The van der Waals surface area contributed by atoms with Gasteiger partial charge in [-0.3, -0.25) is 0 Å².